The molecule has 0 saturated heterocycles. The smallest absolute Gasteiger partial charge is 0.377 e. The number of rotatable bonds is 10. The van der Waals surface area contributed by atoms with E-state index >= 15 is 0 Å². The first-order valence-corrected chi connectivity index (χ1v) is 9.60. The second kappa shape index (κ2) is 8.87. The average Bonchev–Trinajstić information content (AvgIpc) is 3.06. The number of aryl methyl sites for hydroxylation is 3. The summed E-state index contributed by atoms with van der Waals surface area (Å²) < 4.78 is 16.2. The summed E-state index contributed by atoms with van der Waals surface area (Å²) in [5.41, 5.74) is 1.28. The van der Waals surface area contributed by atoms with Crippen LogP contribution in [0.3, 0.4) is 0 Å². The van der Waals surface area contributed by atoms with Gasteiger partial charge >= 0.3 is 8.80 Å². The monoisotopic (exact) mass is 336 g/mol. The van der Waals surface area contributed by atoms with Crippen molar-refractivity contribution < 1.29 is 13.3 Å². The molecule has 0 radical (unpaired) electrons. The van der Waals surface area contributed by atoms with Gasteiger partial charge in [0.2, 0.25) is 0 Å². The zero-order valence-corrected chi connectivity index (χ0v) is 14.9. The van der Waals surface area contributed by atoms with Gasteiger partial charge in [-0.15, -0.1) is 10.2 Å². The molecule has 23 heavy (non-hydrogen) atoms. The van der Waals surface area contributed by atoms with Gasteiger partial charge < -0.3 is 13.3 Å². The second-order valence-electron chi connectivity index (χ2n) is 5.19. The summed E-state index contributed by atoms with van der Waals surface area (Å²) in [6.45, 7) is 0.670. The summed E-state index contributed by atoms with van der Waals surface area (Å²) in [7, 11) is 2.35. The van der Waals surface area contributed by atoms with Gasteiger partial charge in [0.05, 0.1) is 6.54 Å². The Labute approximate surface area is 137 Å². The fourth-order valence-corrected chi connectivity index (χ4v) is 4.07. The van der Waals surface area contributed by atoms with Crippen LogP contribution >= 0.6 is 0 Å². The first kappa shape index (κ1) is 17.7. The summed E-state index contributed by atoms with van der Waals surface area (Å²) in [4.78, 5) is 1.63. The van der Waals surface area contributed by atoms with Crippen molar-refractivity contribution in [3.8, 4) is 0 Å². The largest absolute Gasteiger partial charge is 0.500 e. The predicted molar refractivity (Wildman–Crippen MR) is 87.9 cm³/mol. The lowest BCUT2D eigenvalue weighted by Crippen LogP contribution is -2.42. The molecule has 0 saturated carbocycles. The molecule has 0 spiro atoms. The van der Waals surface area contributed by atoms with Gasteiger partial charge in [0, 0.05) is 33.8 Å². The summed E-state index contributed by atoms with van der Waals surface area (Å²) in [5, 5.41) is 12.6. The highest BCUT2D eigenvalue weighted by Crippen LogP contribution is 2.15. The Morgan fingerprint density at radius 1 is 1.00 bits per heavy atom. The van der Waals surface area contributed by atoms with E-state index in [0.717, 1.165) is 31.1 Å². The van der Waals surface area contributed by atoms with Crippen LogP contribution in [0.2, 0.25) is 6.04 Å². The Hall–Kier alpha value is -1.61. The zero-order valence-electron chi connectivity index (χ0n) is 13.9. The van der Waals surface area contributed by atoms with Crippen LogP contribution in [0.4, 0.5) is 0 Å². The minimum atomic E-state index is -2.51. The maximum atomic E-state index is 5.40. The van der Waals surface area contributed by atoms with Crippen LogP contribution < -0.4 is 0 Å². The van der Waals surface area contributed by atoms with Crippen molar-refractivity contribution in [2.45, 2.75) is 31.9 Å². The van der Waals surface area contributed by atoms with E-state index in [2.05, 4.69) is 27.5 Å². The van der Waals surface area contributed by atoms with E-state index in [1.165, 1.54) is 5.56 Å². The van der Waals surface area contributed by atoms with E-state index < -0.39 is 8.80 Å². The normalized spacial score (nSPS) is 11.8. The minimum Gasteiger partial charge on any atom is -0.377 e. The van der Waals surface area contributed by atoms with Gasteiger partial charge in [-0.3, -0.25) is 0 Å². The van der Waals surface area contributed by atoms with Crippen molar-refractivity contribution in [1.29, 1.82) is 0 Å². The molecule has 0 N–H and O–H groups in total. The molecule has 0 bridgehead atoms. The Morgan fingerprint density at radius 2 is 1.70 bits per heavy atom. The zero-order chi connectivity index (χ0) is 16.5. The molecule has 7 nitrogen and oxygen atoms in total. The molecule has 1 heterocycles. The molecule has 1 aromatic carbocycles. The molecule has 2 aromatic rings. The summed E-state index contributed by atoms with van der Waals surface area (Å²) >= 11 is 0. The molecule has 0 aliphatic rings. The van der Waals surface area contributed by atoms with Crippen LogP contribution in [0.15, 0.2) is 30.3 Å². The lowest BCUT2D eigenvalue weighted by atomic mass is 10.1. The molecule has 0 unspecified atom stereocenters. The highest BCUT2D eigenvalue weighted by atomic mass is 28.4. The minimum absolute atomic E-state index is 0.670. The third kappa shape index (κ3) is 5.21. The number of benzene rings is 1. The van der Waals surface area contributed by atoms with E-state index in [1.54, 1.807) is 26.1 Å². The topological polar surface area (TPSA) is 71.3 Å². The van der Waals surface area contributed by atoms with Crippen LogP contribution in [0.1, 0.15) is 17.8 Å². The van der Waals surface area contributed by atoms with Crippen LogP contribution in [-0.2, 0) is 32.7 Å². The van der Waals surface area contributed by atoms with E-state index in [4.69, 9.17) is 13.3 Å². The molecule has 1 aromatic heterocycles. The third-order valence-corrected chi connectivity index (χ3v) is 6.58. The Balaban J connectivity index is 1.78. The highest BCUT2D eigenvalue weighted by Gasteiger charge is 2.36. The molecule has 2 rings (SSSR count). The van der Waals surface area contributed by atoms with Crippen LogP contribution in [-0.4, -0.2) is 50.3 Å². The van der Waals surface area contributed by atoms with Gasteiger partial charge in [-0.1, -0.05) is 30.3 Å². The van der Waals surface area contributed by atoms with E-state index in [9.17, 15) is 0 Å². The maximum absolute atomic E-state index is 5.40. The standard InChI is InChI=1S/C15H24N4O3Si/c1-20-23(21-2,22-3)13-7-12-19-17-15(16-18-19)11-10-14-8-5-4-6-9-14/h4-6,8-9H,7,10-13H2,1-3H3. The van der Waals surface area contributed by atoms with Gasteiger partial charge in [0.15, 0.2) is 5.82 Å². The fourth-order valence-electron chi connectivity index (χ4n) is 2.37. The molecule has 0 fully saturated rings. The molecule has 0 aliphatic carbocycles. The van der Waals surface area contributed by atoms with Gasteiger partial charge in [0.25, 0.3) is 0 Å². The molecular weight excluding hydrogens is 312 g/mol. The van der Waals surface area contributed by atoms with Crippen molar-refractivity contribution in [3.05, 3.63) is 41.7 Å². The van der Waals surface area contributed by atoms with Crippen LogP contribution in [0.25, 0.3) is 0 Å². The molecular formula is C15H24N4O3Si. The van der Waals surface area contributed by atoms with E-state index in [0.29, 0.717) is 6.54 Å². The number of nitrogens with zero attached hydrogens (tertiary/aromatic N) is 4. The number of aromatic nitrogens is 4. The Kier molecular flexibility index (Phi) is 6.84. The van der Waals surface area contributed by atoms with Crippen molar-refractivity contribution >= 4 is 8.80 Å². The lowest BCUT2D eigenvalue weighted by molar-refractivity contribution is 0.122. The lowest BCUT2D eigenvalue weighted by Gasteiger charge is -2.23. The first-order valence-electron chi connectivity index (χ1n) is 7.67. The SMILES string of the molecule is CO[Si](CCCn1nnc(CCc2ccccc2)n1)(OC)OC. The molecule has 8 heteroatoms. The van der Waals surface area contributed by atoms with Crippen molar-refractivity contribution in [3.63, 3.8) is 0 Å². The highest BCUT2D eigenvalue weighted by molar-refractivity contribution is 6.60. The third-order valence-electron chi connectivity index (χ3n) is 3.75. The van der Waals surface area contributed by atoms with Gasteiger partial charge in [-0.05, 0) is 23.6 Å². The van der Waals surface area contributed by atoms with Crippen LogP contribution in [0.5, 0.6) is 0 Å². The molecule has 0 atom stereocenters. The second-order valence-corrected chi connectivity index (χ2v) is 8.28. The summed E-state index contributed by atoms with van der Waals surface area (Å²) in [6.07, 6.45) is 2.52. The van der Waals surface area contributed by atoms with Crippen molar-refractivity contribution in [2.24, 2.45) is 0 Å². The predicted octanol–water partition coefficient (Wildman–Crippen LogP) is 1.73. The first-order chi connectivity index (χ1) is 11.2. The van der Waals surface area contributed by atoms with Gasteiger partial charge in [-0.2, -0.15) is 4.80 Å². The van der Waals surface area contributed by atoms with Crippen LogP contribution in [0, 0.1) is 0 Å². The Morgan fingerprint density at radius 3 is 2.35 bits per heavy atom. The summed E-state index contributed by atoms with van der Waals surface area (Å²) in [5.74, 6) is 0.766. The number of hydrogen-bond donors (Lipinski definition) is 0. The maximum Gasteiger partial charge on any atom is 0.500 e. The van der Waals surface area contributed by atoms with Crippen molar-refractivity contribution in [2.75, 3.05) is 21.3 Å². The molecule has 126 valence electrons. The number of tetrazole rings is 1. The molecule has 0 aliphatic heterocycles. The van der Waals surface area contributed by atoms with E-state index in [1.807, 2.05) is 18.2 Å². The van der Waals surface area contributed by atoms with E-state index in [-0.39, 0.29) is 0 Å². The van der Waals surface area contributed by atoms with Gasteiger partial charge in [-0.25, -0.2) is 0 Å². The number of hydrogen-bond acceptors (Lipinski definition) is 6. The molecule has 0 amide bonds. The van der Waals surface area contributed by atoms with Gasteiger partial charge in [0.1, 0.15) is 0 Å². The quantitative estimate of drug-likeness (QED) is 0.615. The fraction of sp³-hybridized carbons (Fsp3) is 0.533. The summed E-state index contributed by atoms with van der Waals surface area (Å²) in [6, 6.07) is 11.0. The Bertz CT molecular complexity index is 567. The average molecular weight is 336 g/mol. The van der Waals surface area contributed by atoms with Crippen molar-refractivity contribution in [1.82, 2.24) is 20.2 Å².